The lowest BCUT2D eigenvalue weighted by atomic mass is 10.2. The predicted octanol–water partition coefficient (Wildman–Crippen LogP) is 2.69. The molecular weight excluding hydrogens is 192 g/mol. The molecule has 1 aromatic carbocycles. The van der Waals surface area contributed by atoms with Crippen LogP contribution < -0.4 is 4.90 Å². The van der Waals surface area contributed by atoms with Gasteiger partial charge in [0.05, 0.1) is 4.92 Å². The van der Waals surface area contributed by atoms with Gasteiger partial charge >= 0.3 is 0 Å². The van der Waals surface area contributed by atoms with Crippen molar-refractivity contribution >= 4 is 11.4 Å². The highest BCUT2D eigenvalue weighted by Crippen LogP contribution is 2.26. The molecule has 0 bridgehead atoms. The standard InChI is InChI=1S/C11H16N2O2/c1-9(2)8-12(3)10-6-4-5-7-11(10)13(14)15/h4-7,9H,8H2,1-3H3. The van der Waals surface area contributed by atoms with Crippen molar-refractivity contribution in [2.45, 2.75) is 13.8 Å². The van der Waals surface area contributed by atoms with Crippen LogP contribution in [0.25, 0.3) is 0 Å². The SMILES string of the molecule is CC(C)CN(C)c1ccccc1[N+](=O)[O-]. The van der Waals surface area contributed by atoms with Gasteiger partial charge in [-0.05, 0) is 12.0 Å². The maximum Gasteiger partial charge on any atom is 0.292 e. The Morgan fingerprint density at radius 3 is 2.53 bits per heavy atom. The van der Waals surface area contributed by atoms with E-state index in [-0.39, 0.29) is 10.6 Å². The van der Waals surface area contributed by atoms with Gasteiger partial charge in [-0.15, -0.1) is 0 Å². The van der Waals surface area contributed by atoms with Crippen molar-refractivity contribution < 1.29 is 4.92 Å². The summed E-state index contributed by atoms with van der Waals surface area (Å²) in [6, 6.07) is 6.82. The van der Waals surface area contributed by atoms with Gasteiger partial charge < -0.3 is 4.90 Å². The van der Waals surface area contributed by atoms with Gasteiger partial charge in [0, 0.05) is 19.7 Å². The fourth-order valence-electron chi connectivity index (χ4n) is 1.59. The molecule has 0 aliphatic heterocycles. The molecule has 0 heterocycles. The normalized spacial score (nSPS) is 10.4. The maximum absolute atomic E-state index is 10.8. The van der Waals surface area contributed by atoms with Crippen molar-refractivity contribution in [1.29, 1.82) is 0 Å². The molecular formula is C11H16N2O2. The average Bonchev–Trinajstić information content (AvgIpc) is 2.16. The lowest BCUT2D eigenvalue weighted by Crippen LogP contribution is -2.23. The second-order valence-corrected chi connectivity index (χ2v) is 4.02. The molecule has 82 valence electrons. The molecule has 0 saturated heterocycles. The zero-order valence-electron chi connectivity index (χ0n) is 9.30. The van der Waals surface area contributed by atoms with E-state index < -0.39 is 0 Å². The van der Waals surface area contributed by atoms with Crippen LogP contribution in [0.3, 0.4) is 0 Å². The van der Waals surface area contributed by atoms with Crippen molar-refractivity contribution in [3.05, 3.63) is 34.4 Å². The number of hydrogen-bond acceptors (Lipinski definition) is 3. The van der Waals surface area contributed by atoms with Gasteiger partial charge in [-0.3, -0.25) is 10.1 Å². The second-order valence-electron chi connectivity index (χ2n) is 4.02. The topological polar surface area (TPSA) is 46.4 Å². The van der Waals surface area contributed by atoms with Crippen molar-refractivity contribution in [3.8, 4) is 0 Å². The molecule has 0 aliphatic rings. The highest BCUT2D eigenvalue weighted by Gasteiger charge is 2.16. The van der Waals surface area contributed by atoms with Gasteiger partial charge in [0.15, 0.2) is 0 Å². The molecule has 0 amide bonds. The molecule has 0 unspecified atom stereocenters. The van der Waals surface area contributed by atoms with E-state index in [1.807, 2.05) is 18.0 Å². The summed E-state index contributed by atoms with van der Waals surface area (Å²) in [4.78, 5) is 12.4. The third-order valence-electron chi connectivity index (χ3n) is 2.13. The smallest absolute Gasteiger partial charge is 0.292 e. The Morgan fingerprint density at radius 1 is 1.40 bits per heavy atom. The van der Waals surface area contributed by atoms with E-state index in [1.54, 1.807) is 12.1 Å². The van der Waals surface area contributed by atoms with Gasteiger partial charge in [-0.1, -0.05) is 26.0 Å². The number of nitro groups is 1. The first-order valence-electron chi connectivity index (χ1n) is 4.97. The van der Waals surface area contributed by atoms with Gasteiger partial charge in [-0.2, -0.15) is 0 Å². The summed E-state index contributed by atoms with van der Waals surface area (Å²) >= 11 is 0. The molecule has 15 heavy (non-hydrogen) atoms. The Kier molecular flexibility index (Phi) is 3.66. The first-order chi connectivity index (χ1) is 7.02. The van der Waals surface area contributed by atoms with Crippen molar-refractivity contribution in [3.63, 3.8) is 0 Å². The Hall–Kier alpha value is -1.58. The van der Waals surface area contributed by atoms with Crippen LogP contribution in [-0.2, 0) is 0 Å². The van der Waals surface area contributed by atoms with Crippen LogP contribution in [0.1, 0.15) is 13.8 Å². The van der Waals surface area contributed by atoms with E-state index in [1.165, 1.54) is 6.07 Å². The molecule has 4 heteroatoms. The number of nitrogens with zero attached hydrogens (tertiary/aromatic N) is 2. The monoisotopic (exact) mass is 208 g/mol. The summed E-state index contributed by atoms with van der Waals surface area (Å²) in [5, 5.41) is 10.8. The highest BCUT2D eigenvalue weighted by molar-refractivity contribution is 5.62. The summed E-state index contributed by atoms with van der Waals surface area (Å²) in [6.45, 7) is 4.99. The summed E-state index contributed by atoms with van der Waals surface area (Å²) in [6.07, 6.45) is 0. The Labute approximate surface area is 89.7 Å². The van der Waals surface area contributed by atoms with Gasteiger partial charge in [0.2, 0.25) is 0 Å². The summed E-state index contributed by atoms with van der Waals surface area (Å²) < 4.78 is 0. The Bertz CT molecular complexity index is 350. The molecule has 0 spiro atoms. The first kappa shape index (κ1) is 11.5. The third kappa shape index (κ3) is 2.94. The molecule has 0 aliphatic carbocycles. The molecule has 0 aromatic heterocycles. The number of benzene rings is 1. The molecule has 1 rings (SSSR count). The zero-order valence-corrected chi connectivity index (χ0v) is 9.30. The third-order valence-corrected chi connectivity index (χ3v) is 2.13. The van der Waals surface area contributed by atoms with Gasteiger partial charge in [0.25, 0.3) is 5.69 Å². The zero-order chi connectivity index (χ0) is 11.4. The minimum atomic E-state index is -0.341. The number of rotatable bonds is 4. The minimum absolute atomic E-state index is 0.167. The van der Waals surface area contributed by atoms with E-state index in [4.69, 9.17) is 0 Å². The Morgan fingerprint density at radius 2 is 2.00 bits per heavy atom. The average molecular weight is 208 g/mol. The van der Waals surface area contributed by atoms with Crippen LogP contribution >= 0.6 is 0 Å². The van der Waals surface area contributed by atoms with E-state index in [0.717, 1.165) is 6.54 Å². The molecule has 0 atom stereocenters. The van der Waals surface area contributed by atoms with Crippen molar-refractivity contribution in [2.24, 2.45) is 5.92 Å². The fraction of sp³-hybridized carbons (Fsp3) is 0.455. The van der Waals surface area contributed by atoms with E-state index in [2.05, 4.69) is 13.8 Å². The quantitative estimate of drug-likeness (QED) is 0.564. The Balaban J connectivity index is 2.97. The molecule has 0 fully saturated rings. The fourth-order valence-corrected chi connectivity index (χ4v) is 1.59. The van der Waals surface area contributed by atoms with Crippen molar-refractivity contribution in [1.82, 2.24) is 0 Å². The number of nitro benzene ring substituents is 1. The first-order valence-corrected chi connectivity index (χ1v) is 4.97. The molecule has 0 N–H and O–H groups in total. The van der Waals surface area contributed by atoms with Crippen LogP contribution in [0.2, 0.25) is 0 Å². The maximum atomic E-state index is 10.8. The van der Waals surface area contributed by atoms with Gasteiger partial charge in [-0.25, -0.2) is 0 Å². The van der Waals surface area contributed by atoms with E-state index in [0.29, 0.717) is 11.6 Å². The number of para-hydroxylation sites is 2. The predicted molar refractivity (Wildman–Crippen MR) is 61.2 cm³/mol. The van der Waals surface area contributed by atoms with Crippen LogP contribution in [0.15, 0.2) is 24.3 Å². The highest BCUT2D eigenvalue weighted by atomic mass is 16.6. The number of hydrogen-bond donors (Lipinski definition) is 0. The molecule has 1 aromatic rings. The van der Waals surface area contributed by atoms with Crippen LogP contribution in [0.4, 0.5) is 11.4 Å². The summed E-state index contributed by atoms with van der Waals surface area (Å²) in [5.41, 5.74) is 0.844. The lowest BCUT2D eigenvalue weighted by Gasteiger charge is -2.20. The van der Waals surface area contributed by atoms with E-state index in [9.17, 15) is 10.1 Å². The van der Waals surface area contributed by atoms with Crippen LogP contribution in [0.5, 0.6) is 0 Å². The molecule has 0 saturated carbocycles. The second kappa shape index (κ2) is 4.77. The minimum Gasteiger partial charge on any atom is -0.369 e. The van der Waals surface area contributed by atoms with Gasteiger partial charge in [0.1, 0.15) is 5.69 Å². The number of anilines is 1. The largest absolute Gasteiger partial charge is 0.369 e. The van der Waals surface area contributed by atoms with Crippen molar-refractivity contribution in [2.75, 3.05) is 18.5 Å². The van der Waals surface area contributed by atoms with Crippen LogP contribution in [0, 0.1) is 16.0 Å². The molecule has 4 nitrogen and oxygen atoms in total. The summed E-state index contributed by atoms with van der Waals surface area (Å²) in [7, 11) is 1.88. The van der Waals surface area contributed by atoms with Crippen LogP contribution in [-0.4, -0.2) is 18.5 Å². The summed E-state index contributed by atoms with van der Waals surface area (Å²) in [5.74, 6) is 0.481. The lowest BCUT2D eigenvalue weighted by molar-refractivity contribution is -0.384. The van der Waals surface area contributed by atoms with E-state index >= 15 is 0 Å². The molecule has 0 radical (unpaired) electrons.